The SMILES string of the molecule is CN1CCC(NC2=C(C(=O)O)C(=O)/C(=C/c3c[nH]c4ncccc34)O2)CC1. The Balaban J connectivity index is 1.60. The van der Waals surface area contributed by atoms with E-state index in [9.17, 15) is 14.7 Å². The van der Waals surface area contributed by atoms with Crippen molar-refractivity contribution in [2.45, 2.75) is 18.9 Å². The van der Waals surface area contributed by atoms with Crippen LogP contribution < -0.4 is 5.32 Å². The average molecular weight is 368 g/mol. The van der Waals surface area contributed by atoms with Crippen LogP contribution in [0.3, 0.4) is 0 Å². The third kappa shape index (κ3) is 3.31. The highest BCUT2D eigenvalue weighted by atomic mass is 16.5. The molecule has 0 atom stereocenters. The van der Waals surface area contributed by atoms with Gasteiger partial charge in [0.15, 0.2) is 11.3 Å². The molecule has 27 heavy (non-hydrogen) atoms. The average Bonchev–Trinajstić information content (AvgIpc) is 3.19. The zero-order chi connectivity index (χ0) is 19.0. The summed E-state index contributed by atoms with van der Waals surface area (Å²) in [5.74, 6) is -1.89. The van der Waals surface area contributed by atoms with Gasteiger partial charge in [-0.2, -0.15) is 0 Å². The summed E-state index contributed by atoms with van der Waals surface area (Å²) in [6.07, 6.45) is 6.65. The Morgan fingerprint density at radius 2 is 2.22 bits per heavy atom. The number of aromatic nitrogens is 2. The number of rotatable bonds is 4. The fourth-order valence-electron chi connectivity index (χ4n) is 3.40. The molecule has 140 valence electrons. The number of pyridine rings is 1. The van der Waals surface area contributed by atoms with E-state index in [0.717, 1.165) is 31.3 Å². The van der Waals surface area contributed by atoms with Gasteiger partial charge in [-0.05, 0) is 51.2 Å². The molecule has 8 heteroatoms. The number of carboxylic acids is 1. The third-order valence-electron chi connectivity index (χ3n) is 4.93. The second-order valence-corrected chi connectivity index (χ2v) is 6.81. The maximum absolute atomic E-state index is 12.6. The quantitative estimate of drug-likeness (QED) is 0.554. The molecule has 8 nitrogen and oxygen atoms in total. The lowest BCUT2D eigenvalue weighted by Gasteiger charge is -2.30. The van der Waals surface area contributed by atoms with Crippen LogP contribution in [0.15, 0.2) is 41.7 Å². The van der Waals surface area contributed by atoms with Gasteiger partial charge in [-0.15, -0.1) is 0 Å². The first-order chi connectivity index (χ1) is 13.0. The summed E-state index contributed by atoms with van der Waals surface area (Å²) in [6, 6.07) is 3.74. The Bertz CT molecular complexity index is 967. The number of allylic oxidation sites excluding steroid dienone is 1. The van der Waals surface area contributed by atoms with Gasteiger partial charge < -0.3 is 25.0 Å². The lowest BCUT2D eigenvalue weighted by Crippen LogP contribution is -2.40. The summed E-state index contributed by atoms with van der Waals surface area (Å²) in [5, 5.41) is 13.4. The second kappa shape index (κ2) is 6.88. The molecule has 0 amide bonds. The van der Waals surface area contributed by atoms with Gasteiger partial charge in [0.1, 0.15) is 5.65 Å². The lowest BCUT2D eigenvalue weighted by molar-refractivity contribution is -0.134. The van der Waals surface area contributed by atoms with Gasteiger partial charge in [0.25, 0.3) is 0 Å². The van der Waals surface area contributed by atoms with E-state index < -0.39 is 11.8 Å². The van der Waals surface area contributed by atoms with Crippen LogP contribution in [0.5, 0.6) is 0 Å². The number of likely N-dealkylation sites (tertiary alicyclic amines) is 1. The number of hydrogen-bond acceptors (Lipinski definition) is 6. The molecule has 0 spiro atoms. The van der Waals surface area contributed by atoms with Crippen molar-refractivity contribution in [3.05, 3.63) is 47.3 Å². The largest absolute Gasteiger partial charge is 0.477 e. The fraction of sp³-hybridized carbons (Fsp3) is 0.316. The number of carbonyl (C=O) groups excluding carboxylic acids is 1. The summed E-state index contributed by atoms with van der Waals surface area (Å²) in [7, 11) is 2.05. The number of hydrogen-bond donors (Lipinski definition) is 3. The number of H-pyrrole nitrogens is 1. The topological polar surface area (TPSA) is 108 Å². The van der Waals surface area contributed by atoms with E-state index in [1.807, 2.05) is 13.1 Å². The highest BCUT2D eigenvalue weighted by molar-refractivity contribution is 6.26. The van der Waals surface area contributed by atoms with E-state index in [1.165, 1.54) is 0 Å². The van der Waals surface area contributed by atoms with E-state index in [4.69, 9.17) is 4.74 Å². The molecular weight excluding hydrogens is 348 g/mol. The summed E-state index contributed by atoms with van der Waals surface area (Å²) in [6.45, 7) is 1.82. The zero-order valence-electron chi connectivity index (χ0n) is 14.9. The van der Waals surface area contributed by atoms with Gasteiger partial charge >= 0.3 is 5.97 Å². The lowest BCUT2D eigenvalue weighted by atomic mass is 10.1. The fourth-order valence-corrected chi connectivity index (χ4v) is 3.40. The van der Waals surface area contributed by atoms with Crippen LogP contribution in [-0.4, -0.2) is 57.9 Å². The summed E-state index contributed by atoms with van der Waals surface area (Å²) in [5.41, 5.74) is 1.05. The van der Waals surface area contributed by atoms with Gasteiger partial charge in [-0.1, -0.05) is 0 Å². The first kappa shape index (κ1) is 17.3. The molecule has 1 saturated heterocycles. The number of aliphatic carboxylic acids is 1. The van der Waals surface area contributed by atoms with Gasteiger partial charge in [0.05, 0.1) is 0 Å². The molecule has 2 aliphatic heterocycles. The van der Waals surface area contributed by atoms with Gasteiger partial charge in [0, 0.05) is 29.4 Å². The molecular formula is C19H20N4O4. The van der Waals surface area contributed by atoms with Crippen LogP contribution in [0.2, 0.25) is 0 Å². The number of ether oxygens (including phenoxy) is 1. The van der Waals surface area contributed by atoms with E-state index >= 15 is 0 Å². The summed E-state index contributed by atoms with van der Waals surface area (Å²) in [4.78, 5) is 33.7. The maximum atomic E-state index is 12.6. The van der Waals surface area contributed by atoms with Crippen molar-refractivity contribution in [1.82, 2.24) is 20.2 Å². The first-order valence-electron chi connectivity index (χ1n) is 8.82. The minimum atomic E-state index is -1.29. The van der Waals surface area contributed by atoms with Crippen LogP contribution in [-0.2, 0) is 14.3 Å². The zero-order valence-corrected chi connectivity index (χ0v) is 14.9. The Labute approximate surface area is 155 Å². The van der Waals surface area contributed by atoms with E-state index in [-0.39, 0.29) is 23.3 Å². The van der Waals surface area contributed by atoms with Gasteiger partial charge in [-0.25, -0.2) is 9.78 Å². The standard InChI is InChI=1S/C19H20N4O4/c1-23-7-4-12(5-8-23)22-18-15(19(25)26)16(24)14(27-18)9-11-10-21-17-13(11)3-2-6-20-17/h2-3,6,9-10,12,22H,4-5,7-8H2,1H3,(H,20,21)(H,25,26)/b14-9-. The van der Waals surface area contributed by atoms with E-state index in [2.05, 4.69) is 20.2 Å². The number of nitrogens with zero attached hydrogens (tertiary/aromatic N) is 2. The molecule has 1 fully saturated rings. The third-order valence-corrected chi connectivity index (χ3v) is 4.93. The molecule has 0 radical (unpaired) electrons. The number of aromatic amines is 1. The van der Waals surface area contributed by atoms with Crippen molar-refractivity contribution in [3.8, 4) is 0 Å². The Morgan fingerprint density at radius 1 is 1.44 bits per heavy atom. The molecule has 0 unspecified atom stereocenters. The van der Waals surface area contributed by atoms with E-state index in [1.54, 1.807) is 24.5 Å². The van der Waals surface area contributed by atoms with Crippen molar-refractivity contribution in [2.75, 3.05) is 20.1 Å². The van der Waals surface area contributed by atoms with Crippen LogP contribution in [0.25, 0.3) is 17.1 Å². The predicted molar refractivity (Wildman–Crippen MR) is 98.5 cm³/mol. The number of fused-ring (bicyclic) bond motifs is 1. The molecule has 0 bridgehead atoms. The van der Waals surface area contributed by atoms with Crippen LogP contribution in [0, 0.1) is 0 Å². The Hall–Kier alpha value is -3.13. The molecule has 0 aromatic carbocycles. The Kier molecular flexibility index (Phi) is 4.41. The molecule has 0 aliphatic carbocycles. The van der Waals surface area contributed by atoms with Crippen molar-refractivity contribution in [1.29, 1.82) is 0 Å². The van der Waals surface area contributed by atoms with Crippen molar-refractivity contribution >= 4 is 28.9 Å². The molecule has 2 aromatic heterocycles. The summed E-state index contributed by atoms with van der Waals surface area (Å²) >= 11 is 0. The second-order valence-electron chi connectivity index (χ2n) is 6.81. The van der Waals surface area contributed by atoms with Crippen molar-refractivity contribution < 1.29 is 19.4 Å². The smallest absolute Gasteiger partial charge is 0.345 e. The van der Waals surface area contributed by atoms with Crippen LogP contribution >= 0.6 is 0 Å². The van der Waals surface area contributed by atoms with Crippen LogP contribution in [0.4, 0.5) is 0 Å². The number of ketones is 1. The maximum Gasteiger partial charge on any atom is 0.345 e. The molecule has 4 heterocycles. The highest BCUT2D eigenvalue weighted by Crippen LogP contribution is 2.28. The number of carbonyl (C=O) groups is 2. The molecule has 2 aliphatic rings. The number of carboxylic acid groups (broad SMARTS) is 1. The Morgan fingerprint density at radius 3 is 2.96 bits per heavy atom. The molecule has 4 rings (SSSR count). The predicted octanol–water partition coefficient (Wildman–Crippen LogP) is 1.48. The molecule has 0 saturated carbocycles. The van der Waals surface area contributed by atoms with Gasteiger partial charge in [0.2, 0.25) is 11.7 Å². The van der Waals surface area contributed by atoms with E-state index in [0.29, 0.717) is 11.2 Å². The summed E-state index contributed by atoms with van der Waals surface area (Å²) < 4.78 is 5.65. The number of piperidine rings is 1. The molecule has 2 aromatic rings. The molecule has 3 N–H and O–H groups in total. The minimum Gasteiger partial charge on any atom is -0.477 e. The highest BCUT2D eigenvalue weighted by Gasteiger charge is 2.37. The number of nitrogens with one attached hydrogen (secondary N) is 2. The van der Waals surface area contributed by atoms with Crippen LogP contribution in [0.1, 0.15) is 18.4 Å². The first-order valence-corrected chi connectivity index (χ1v) is 8.82. The van der Waals surface area contributed by atoms with Crippen molar-refractivity contribution in [2.24, 2.45) is 0 Å². The van der Waals surface area contributed by atoms with Gasteiger partial charge in [-0.3, -0.25) is 4.79 Å². The number of Topliss-reactive ketones (excluding diaryl/α,β-unsaturated/α-hetero) is 1. The van der Waals surface area contributed by atoms with Crippen molar-refractivity contribution in [3.63, 3.8) is 0 Å². The normalized spacial score (nSPS) is 20.5. The monoisotopic (exact) mass is 368 g/mol. The minimum absolute atomic E-state index is 0.00687.